The maximum absolute atomic E-state index is 13.7. The van der Waals surface area contributed by atoms with Gasteiger partial charge in [0.15, 0.2) is 5.78 Å². The van der Waals surface area contributed by atoms with Gasteiger partial charge in [-0.3, -0.25) is 9.59 Å². The van der Waals surface area contributed by atoms with E-state index in [1.54, 1.807) is 0 Å². The van der Waals surface area contributed by atoms with Crippen LogP contribution in [0.25, 0.3) is 0 Å². The Bertz CT molecular complexity index is 789. The molecule has 124 valence electrons. The Labute approximate surface area is 136 Å². The first-order valence-electron chi connectivity index (χ1n) is 7.50. The average molecular weight is 333 g/mol. The highest BCUT2D eigenvalue weighted by atomic mass is 19.1. The molecule has 0 spiro atoms. The third kappa shape index (κ3) is 3.18. The molecule has 6 heteroatoms. The summed E-state index contributed by atoms with van der Waals surface area (Å²) < 4.78 is 39.9. The Balaban J connectivity index is 1.73. The standard InChI is InChI=1S/C18H14F3NO2/c19-13-3-1-11(2-4-13)17(23)12-7-8-22(10-12)18(24)15-9-14(20)5-6-16(15)21/h1-6,9,12H,7-8,10H2/t12-/m0/s1. The van der Waals surface area contributed by atoms with E-state index in [2.05, 4.69) is 0 Å². The lowest BCUT2D eigenvalue weighted by molar-refractivity contribution is 0.0775. The van der Waals surface area contributed by atoms with Crippen LogP contribution in [0.4, 0.5) is 13.2 Å². The Morgan fingerprint density at radius 1 is 0.958 bits per heavy atom. The highest BCUT2D eigenvalue weighted by Crippen LogP contribution is 2.24. The second-order valence-electron chi connectivity index (χ2n) is 5.73. The van der Waals surface area contributed by atoms with Crippen molar-refractivity contribution in [1.82, 2.24) is 4.90 Å². The van der Waals surface area contributed by atoms with E-state index in [1.807, 2.05) is 0 Å². The van der Waals surface area contributed by atoms with Crippen LogP contribution in [-0.4, -0.2) is 29.7 Å². The third-order valence-electron chi connectivity index (χ3n) is 4.13. The zero-order valence-electron chi connectivity index (χ0n) is 12.6. The molecule has 1 amide bonds. The second kappa shape index (κ2) is 6.47. The number of benzene rings is 2. The fraction of sp³-hybridized carbons (Fsp3) is 0.222. The van der Waals surface area contributed by atoms with Crippen molar-refractivity contribution in [2.24, 2.45) is 5.92 Å². The van der Waals surface area contributed by atoms with Gasteiger partial charge in [-0.2, -0.15) is 0 Å². The van der Waals surface area contributed by atoms with Crippen LogP contribution in [0.1, 0.15) is 27.1 Å². The van der Waals surface area contributed by atoms with Crippen molar-refractivity contribution in [2.75, 3.05) is 13.1 Å². The molecule has 1 atom stereocenters. The molecule has 0 radical (unpaired) electrons. The van der Waals surface area contributed by atoms with Crippen molar-refractivity contribution >= 4 is 11.7 Å². The van der Waals surface area contributed by atoms with Crippen molar-refractivity contribution in [3.63, 3.8) is 0 Å². The molecular weight excluding hydrogens is 319 g/mol. The smallest absolute Gasteiger partial charge is 0.256 e. The fourth-order valence-corrected chi connectivity index (χ4v) is 2.84. The Kier molecular flexibility index (Phi) is 4.38. The van der Waals surface area contributed by atoms with Crippen LogP contribution in [0.15, 0.2) is 42.5 Å². The van der Waals surface area contributed by atoms with Gasteiger partial charge >= 0.3 is 0 Å². The van der Waals surface area contributed by atoms with Gasteiger partial charge in [-0.05, 0) is 48.9 Å². The number of halogens is 3. The molecule has 0 unspecified atom stereocenters. The molecule has 1 saturated heterocycles. The second-order valence-corrected chi connectivity index (χ2v) is 5.73. The quantitative estimate of drug-likeness (QED) is 0.807. The summed E-state index contributed by atoms with van der Waals surface area (Å²) in [5, 5.41) is 0. The Morgan fingerprint density at radius 2 is 1.62 bits per heavy atom. The lowest BCUT2D eigenvalue weighted by atomic mass is 9.97. The number of carbonyl (C=O) groups excluding carboxylic acids is 2. The Morgan fingerprint density at radius 3 is 2.33 bits per heavy atom. The minimum Gasteiger partial charge on any atom is -0.338 e. The van der Waals surface area contributed by atoms with Gasteiger partial charge in [0, 0.05) is 24.6 Å². The van der Waals surface area contributed by atoms with Crippen LogP contribution in [0, 0.1) is 23.4 Å². The van der Waals surface area contributed by atoms with Crippen molar-refractivity contribution < 1.29 is 22.8 Å². The van der Waals surface area contributed by atoms with Crippen LogP contribution in [0.2, 0.25) is 0 Å². The van der Waals surface area contributed by atoms with E-state index in [0.29, 0.717) is 12.0 Å². The largest absolute Gasteiger partial charge is 0.338 e. The van der Waals surface area contributed by atoms with Gasteiger partial charge in [-0.15, -0.1) is 0 Å². The third-order valence-corrected chi connectivity index (χ3v) is 4.13. The molecule has 3 rings (SSSR count). The van der Waals surface area contributed by atoms with Crippen molar-refractivity contribution in [3.05, 3.63) is 71.0 Å². The molecule has 2 aromatic carbocycles. The van der Waals surface area contributed by atoms with Crippen molar-refractivity contribution in [1.29, 1.82) is 0 Å². The first-order chi connectivity index (χ1) is 11.5. The molecule has 3 nitrogen and oxygen atoms in total. The minimum absolute atomic E-state index is 0.130. The molecule has 1 aliphatic rings. The molecule has 1 heterocycles. The summed E-state index contributed by atoms with van der Waals surface area (Å²) >= 11 is 0. The van der Waals surface area contributed by atoms with Crippen LogP contribution in [0.3, 0.4) is 0 Å². The molecule has 24 heavy (non-hydrogen) atoms. The minimum atomic E-state index is -0.797. The van der Waals surface area contributed by atoms with E-state index in [4.69, 9.17) is 0 Å². The topological polar surface area (TPSA) is 37.4 Å². The van der Waals surface area contributed by atoms with Gasteiger partial charge in [-0.25, -0.2) is 13.2 Å². The highest BCUT2D eigenvalue weighted by Gasteiger charge is 2.32. The highest BCUT2D eigenvalue weighted by molar-refractivity contribution is 5.99. The predicted octanol–water partition coefficient (Wildman–Crippen LogP) is 3.45. The average Bonchev–Trinajstić information content (AvgIpc) is 3.06. The van der Waals surface area contributed by atoms with E-state index in [1.165, 1.54) is 29.2 Å². The molecule has 0 saturated carbocycles. The number of ketones is 1. The molecule has 1 fully saturated rings. The summed E-state index contributed by atoms with van der Waals surface area (Å²) in [5.41, 5.74) is 0.0255. The molecule has 2 aromatic rings. The van der Waals surface area contributed by atoms with Crippen LogP contribution >= 0.6 is 0 Å². The van der Waals surface area contributed by atoms with Crippen LogP contribution < -0.4 is 0 Å². The number of likely N-dealkylation sites (tertiary alicyclic amines) is 1. The number of nitrogens with zero attached hydrogens (tertiary/aromatic N) is 1. The van der Waals surface area contributed by atoms with Gasteiger partial charge in [0.05, 0.1) is 5.56 Å². The summed E-state index contributed by atoms with van der Waals surface area (Å²) in [7, 11) is 0. The number of Topliss-reactive ketones (excluding diaryl/α,β-unsaturated/α-hetero) is 1. The van der Waals surface area contributed by atoms with Crippen LogP contribution in [0.5, 0.6) is 0 Å². The van der Waals surface area contributed by atoms with E-state index in [0.717, 1.165) is 18.2 Å². The zero-order chi connectivity index (χ0) is 17.3. The summed E-state index contributed by atoms with van der Waals surface area (Å²) in [6, 6.07) is 7.90. The van der Waals surface area contributed by atoms with Crippen molar-refractivity contribution in [2.45, 2.75) is 6.42 Å². The van der Waals surface area contributed by atoms with Gasteiger partial charge in [0.25, 0.3) is 5.91 Å². The first-order valence-corrected chi connectivity index (χ1v) is 7.50. The lowest BCUT2D eigenvalue weighted by Gasteiger charge is -2.17. The molecule has 0 aliphatic carbocycles. The SMILES string of the molecule is O=C(c1ccc(F)cc1)[C@H]1CCN(C(=O)c2cc(F)ccc2F)C1. The molecular formula is C18H14F3NO2. The summed E-state index contributed by atoms with van der Waals surface area (Å²) in [6.07, 6.45) is 0.429. The monoisotopic (exact) mass is 333 g/mol. The van der Waals surface area contributed by atoms with Gasteiger partial charge < -0.3 is 4.90 Å². The van der Waals surface area contributed by atoms with E-state index >= 15 is 0 Å². The van der Waals surface area contributed by atoms with Gasteiger partial charge in [-0.1, -0.05) is 0 Å². The summed E-state index contributed by atoms with van der Waals surface area (Å²) in [5.74, 6) is -3.19. The number of rotatable bonds is 3. The van der Waals surface area contributed by atoms with Crippen molar-refractivity contribution in [3.8, 4) is 0 Å². The number of amides is 1. The van der Waals surface area contributed by atoms with E-state index in [-0.39, 0.29) is 24.4 Å². The fourth-order valence-electron chi connectivity index (χ4n) is 2.84. The predicted molar refractivity (Wildman–Crippen MR) is 81.1 cm³/mol. The molecule has 0 bridgehead atoms. The maximum Gasteiger partial charge on any atom is 0.256 e. The van der Waals surface area contributed by atoms with Gasteiger partial charge in [0.2, 0.25) is 0 Å². The lowest BCUT2D eigenvalue weighted by Crippen LogP contribution is -2.30. The summed E-state index contributed by atoms with van der Waals surface area (Å²) in [4.78, 5) is 26.1. The zero-order valence-corrected chi connectivity index (χ0v) is 12.6. The van der Waals surface area contributed by atoms with Gasteiger partial charge in [0.1, 0.15) is 17.5 Å². The van der Waals surface area contributed by atoms with E-state index < -0.39 is 29.3 Å². The van der Waals surface area contributed by atoms with E-state index in [9.17, 15) is 22.8 Å². The number of hydrogen-bond donors (Lipinski definition) is 0. The molecule has 0 N–H and O–H groups in total. The molecule has 1 aliphatic heterocycles. The number of hydrogen-bond acceptors (Lipinski definition) is 2. The summed E-state index contributed by atoms with van der Waals surface area (Å²) in [6.45, 7) is 0.414. The number of carbonyl (C=O) groups is 2. The maximum atomic E-state index is 13.7. The normalized spacial score (nSPS) is 17.1. The first kappa shape index (κ1) is 16.2. The van der Waals surface area contributed by atoms with Crippen LogP contribution in [-0.2, 0) is 0 Å². The molecule has 0 aromatic heterocycles. The Hall–Kier alpha value is -2.63.